The molecule has 5 heteroatoms. The number of carbonyl (C=O) groups is 1. The number of nitrogens with one attached hydrogen (secondary N) is 1. The zero-order valence-corrected chi connectivity index (χ0v) is 14.5. The van der Waals surface area contributed by atoms with Crippen LogP contribution in [-0.4, -0.2) is 42.0 Å². The van der Waals surface area contributed by atoms with Crippen molar-refractivity contribution in [3.05, 3.63) is 23.8 Å². The SMILES string of the molecule is C.CC.CC(=O)N1CCN(c2ccc3c(c2)CCC(=S)N3)CC1. The van der Waals surface area contributed by atoms with Gasteiger partial charge >= 0.3 is 0 Å². The Bertz CT molecular complexity index is 551. The first-order valence-electron chi connectivity index (χ1n) is 8.07. The number of thiocarbonyl (C=S) groups is 1. The van der Waals surface area contributed by atoms with Crippen LogP contribution in [0.15, 0.2) is 18.2 Å². The van der Waals surface area contributed by atoms with Crippen LogP contribution >= 0.6 is 12.2 Å². The molecule has 23 heavy (non-hydrogen) atoms. The van der Waals surface area contributed by atoms with Gasteiger partial charge in [0.1, 0.15) is 0 Å². The molecule has 1 N–H and O–H groups in total. The Morgan fingerprint density at radius 3 is 2.39 bits per heavy atom. The van der Waals surface area contributed by atoms with Gasteiger partial charge in [0, 0.05) is 50.9 Å². The topological polar surface area (TPSA) is 35.6 Å². The number of hydrogen-bond donors (Lipinski definition) is 1. The maximum atomic E-state index is 11.4. The first-order chi connectivity index (χ1) is 10.6. The highest BCUT2D eigenvalue weighted by Gasteiger charge is 2.20. The molecule has 1 saturated heterocycles. The predicted octanol–water partition coefficient (Wildman–Crippen LogP) is 3.70. The van der Waals surface area contributed by atoms with E-state index in [4.69, 9.17) is 12.2 Å². The molecule has 2 aliphatic heterocycles. The number of piperazine rings is 1. The van der Waals surface area contributed by atoms with E-state index < -0.39 is 0 Å². The Kier molecular flexibility index (Phi) is 7.49. The second-order valence-electron chi connectivity index (χ2n) is 5.38. The van der Waals surface area contributed by atoms with E-state index in [0.29, 0.717) is 0 Å². The highest BCUT2D eigenvalue weighted by Crippen LogP contribution is 2.28. The highest BCUT2D eigenvalue weighted by molar-refractivity contribution is 7.80. The Labute approximate surface area is 145 Å². The molecule has 0 spiro atoms. The van der Waals surface area contributed by atoms with Crippen LogP contribution in [0.1, 0.15) is 40.2 Å². The van der Waals surface area contributed by atoms with Gasteiger partial charge in [0.2, 0.25) is 5.91 Å². The summed E-state index contributed by atoms with van der Waals surface area (Å²) in [6.07, 6.45) is 1.95. The maximum absolute atomic E-state index is 11.4. The fourth-order valence-corrected chi connectivity index (χ4v) is 3.06. The number of hydrogen-bond acceptors (Lipinski definition) is 3. The number of rotatable bonds is 1. The molecule has 2 aliphatic rings. The lowest BCUT2D eigenvalue weighted by Crippen LogP contribution is -2.48. The van der Waals surface area contributed by atoms with Crippen LogP contribution in [0.2, 0.25) is 0 Å². The molecule has 1 fully saturated rings. The minimum atomic E-state index is 0. The van der Waals surface area contributed by atoms with Crippen molar-refractivity contribution < 1.29 is 4.79 Å². The van der Waals surface area contributed by atoms with Crippen LogP contribution in [0.4, 0.5) is 11.4 Å². The Morgan fingerprint density at radius 2 is 1.78 bits per heavy atom. The van der Waals surface area contributed by atoms with E-state index in [2.05, 4.69) is 28.4 Å². The maximum Gasteiger partial charge on any atom is 0.219 e. The summed E-state index contributed by atoms with van der Waals surface area (Å²) >= 11 is 5.22. The second-order valence-corrected chi connectivity index (χ2v) is 5.88. The summed E-state index contributed by atoms with van der Waals surface area (Å²) in [6, 6.07) is 6.52. The average Bonchev–Trinajstić information content (AvgIpc) is 2.56. The van der Waals surface area contributed by atoms with Crippen molar-refractivity contribution in [1.29, 1.82) is 0 Å². The third-order valence-corrected chi connectivity index (χ3v) is 4.38. The molecule has 3 rings (SSSR count). The lowest BCUT2D eigenvalue weighted by atomic mass is 10.0. The molecular weight excluding hydrogens is 306 g/mol. The number of carbonyl (C=O) groups excluding carboxylic acids is 1. The zero-order chi connectivity index (χ0) is 16.1. The molecular formula is C18H29N3OS. The predicted molar refractivity (Wildman–Crippen MR) is 104 cm³/mol. The lowest BCUT2D eigenvalue weighted by molar-refractivity contribution is -0.129. The third kappa shape index (κ3) is 4.67. The number of aryl methyl sites for hydroxylation is 1. The Morgan fingerprint density at radius 1 is 1.13 bits per heavy atom. The van der Waals surface area contributed by atoms with Gasteiger partial charge in [-0.1, -0.05) is 33.5 Å². The van der Waals surface area contributed by atoms with E-state index in [-0.39, 0.29) is 13.3 Å². The summed E-state index contributed by atoms with van der Waals surface area (Å²) < 4.78 is 0. The van der Waals surface area contributed by atoms with Gasteiger partial charge in [-0.25, -0.2) is 0 Å². The molecule has 128 valence electrons. The monoisotopic (exact) mass is 335 g/mol. The van der Waals surface area contributed by atoms with Gasteiger partial charge in [-0.15, -0.1) is 0 Å². The number of amides is 1. The highest BCUT2D eigenvalue weighted by atomic mass is 32.1. The smallest absolute Gasteiger partial charge is 0.219 e. The zero-order valence-electron chi connectivity index (χ0n) is 13.7. The van der Waals surface area contributed by atoms with Gasteiger partial charge in [0.15, 0.2) is 0 Å². The van der Waals surface area contributed by atoms with Crippen LogP contribution < -0.4 is 10.2 Å². The van der Waals surface area contributed by atoms with Crippen molar-refractivity contribution in [1.82, 2.24) is 4.90 Å². The van der Waals surface area contributed by atoms with E-state index in [0.717, 1.165) is 49.7 Å². The standard InChI is InChI=1S/C15H19N3OS.C2H6.CH4/c1-11(19)17-6-8-18(9-7-17)13-3-4-14-12(10-13)2-5-15(20)16-14;1-2;/h3-4,10H,2,5-9H2,1H3,(H,16,20);1-2H3;1H4. The van der Waals surface area contributed by atoms with E-state index in [1.165, 1.54) is 11.3 Å². The quantitative estimate of drug-likeness (QED) is 0.794. The van der Waals surface area contributed by atoms with Crippen molar-refractivity contribution in [2.75, 3.05) is 36.4 Å². The number of benzene rings is 1. The molecule has 0 bridgehead atoms. The second kappa shape index (κ2) is 8.87. The first kappa shape index (κ1) is 19.4. The fraction of sp³-hybridized carbons (Fsp3) is 0.556. The van der Waals surface area contributed by atoms with Gasteiger partial charge < -0.3 is 15.1 Å². The summed E-state index contributed by atoms with van der Waals surface area (Å²) in [5.74, 6) is 0.174. The molecule has 0 atom stereocenters. The van der Waals surface area contributed by atoms with Crippen LogP contribution in [0.3, 0.4) is 0 Å². The third-order valence-electron chi connectivity index (χ3n) is 4.07. The van der Waals surface area contributed by atoms with E-state index >= 15 is 0 Å². The summed E-state index contributed by atoms with van der Waals surface area (Å²) in [6.45, 7) is 9.08. The number of nitrogens with zero attached hydrogens (tertiary/aromatic N) is 2. The number of anilines is 2. The van der Waals surface area contributed by atoms with Crippen LogP contribution in [0.5, 0.6) is 0 Å². The van der Waals surface area contributed by atoms with Crippen LogP contribution in [0, 0.1) is 0 Å². The van der Waals surface area contributed by atoms with Crippen LogP contribution in [0.25, 0.3) is 0 Å². The van der Waals surface area contributed by atoms with Crippen molar-refractivity contribution in [3.63, 3.8) is 0 Å². The largest absolute Gasteiger partial charge is 0.368 e. The molecule has 1 aromatic rings. The molecule has 4 nitrogen and oxygen atoms in total. The van der Waals surface area contributed by atoms with E-state index in [9.17, 15) is 4.79 Å². The number of fused-ring (bicyclic) bond motifs is 1. The Balaban J connectivity index is 0.000000849. The summed E-state index contributed by atoms with van der Waals surface area (Å²) in [7, 11) is 0. The summed E-state index contributed by atoms with van der Waals surface area (Å²) in [5.41, 5.74) is 3.74. The fourth-order valence-electron chi connectivity index (χ4n) is 2.85. The molecule has 1 amide bonds. The molecule has 0 aromatic heterocycles. The van der Waals surface area contributed by atoms with Gasteiger partial charge in [0.25, 0.3) is 0 Å². The average molecular weight is 336 g/mol. The first-order valence-corrected chi connectivity index (χ1v) is 8.47. The molecule has 1 aromatic carbocycles. The van der Waals surface area contributed by atoms with E-state index in [1.807, 2.05) is 18.7 Å². The molecule has 0 radical (unpaired) electrons. The van der Waals surface area contributed by atoms with Gasteiger partial charge in [-0.3, -0.25) is 4.79 Å². The van der Waals surface area contributed by atoms with Gasteiger partial charge in [0.05, 0.1) is 4.99 Å². The van der Waals surface area contributed by atoms with Crippen molar-refractivity contribution in [2.24, 2.45) is 0 Å². The van der Waals surface area contributed by atoms with Gasteiger partial charge in [-0.05, 0) is 30.2 Å². The molecule has 2 heterocycles. The summed E-state index contributed by atoms with van der Waals surface area (Å²) in [4.78, 5) is 16.5. The Hall–Kier alpha value is -1.62. The summed E-state index contributed by atoms with van der Waals surface area (Å²) in [5, 5.41) is 3.27. The molecule has 0 unspecified atom stereocenters. The van der Waals surface area contributed by atoms with Crippen molar-refractivity contribution in [2.45, 2.75) is 41.0 Å². The molecule has 0 saturated carbocycles. The molecule has 0 aliphatic carbocycles. The van der Waals surface area contributed by atoms with Gasteiger partial charge in [-0.2, -0.15) is 0 Å². The lowest BCUT2D eigenvalue weighted by Gasteiger charge is -2.36. The van der Waals surface area contributed by atoms with E-state index in [1.54, 1.807) is 6.92 Å². The van der Waals surface area contributed by atoms with Crippen molar-refractivity contribution in [3.8, 4) is 0 Å². The normalized spacial score (nSPS) is 16.4. The van der Waals surface area contributed by atoms with Crippen molar-refractivity contribution >= 4 is 34.5 Å². The van der Waals surface area contributed by atoms with Crippen LogP contribution in [-0.2, 0) is 11.2 Å². The minimum Gasteiger partial charge on any atom is -0.368 e. The minimum absolute atomic E-state index is 0.